The van der Waals surface area contributed by atoms with Crippen molar-refractivity contribution in [2.24, 2.45) is 5.10 Å². The Labute approximate surface area is 107 Å². The first kappa shape index (κ1) is 11.4. The number of nitrogens with zero attached hydrogens (tertiary/aromatic N) is 2. The van der Waals surface area contributed by atoms with Gasteiger partial charge in [0.15, 0.2) is 5.82 Å². The Hall–Kier alpha value is -1.10. The fourth-order valence-electron chi connectivity index (χ4n) is 1.01. The molecule has 1 N–H and O–H groups in total. The quantitative estimate of drug-likeness (QED) is 0.679. The van der Waals surface area contributed by atoms with E-state index in [1.807, 2.05) is 16.8 Å². The van der Waals surface area contributed by atoms with Gasteiger partial charge in [0.25, 0.3) is 0 Å². The molecular formula is C10H7Cl2N3S. The Morgan fingerprint density at radius 2 is 2.31 bits per heavy atom. The number of anilines is 1. The Balaban J connectivity index is 2.05. The van der Waals surface area contributed by atoms with Gasteiger partial charge in [-0.25, -0.2) is 4.98 Å². The van der Waals surface area contributed by atoms with Gasteiger partial charge < -0.3 is 0 Å². The van der Waals surface area contributed by atoms with Gasteiger partial charge in [-0.2, -0.15) is 16.4 Å². The Kier molecular flexibility index (Phi) is 3.77. The Bertz CT molecular complexity index is 497. The summed E-state index contributed by atoms with van der Waals surface area (Å²) >= 11 is 13.2. The molecule has 2 heterocycles. The van der Waals surface area contributed by atoms with Gasteiger partial charge in [-0.15, -0.1) is 0 Å². The van der Waals surface area contributed by atoms with Crippen LogP contribution in [0.4, 0.5) is 5.82 Å². The molecule has 0 aliphatic rings. The van der Waals surface area contributed by atoms with Crippen LogP contribution in [0.3, 0.4) is 0 Å². The van der Waals surface area contributed by atoms with Crippen molar-refractivity contribution in [3.63, 3.8) is 0 Å². The second-order valence-corrected chi connectivity index (χ2v) is 4.53. The standard InChI is InChI=1S/C10H7Cl2N3S/c11-8-3-9(12)10(13-5-8)15-14-4-7-1-2-16-6-7/h1-6H,(H,13,15)/b14-4+. The summed E-state index contributed by atoms with van der Waals surface area (Å²) in [5, 5.41) is 8.92. The number of pyridine rings is 1. The van der Waals surface area contributed by atoms with Crippen LogP contribution in [0.5, 0.6) is 0 Å². The van der Waals surface area contributed by atoms with Gasteiger partial charge in [0, 0.05) is 11.8 Å². The number of halogens is 2. The van der Waals surface area contributed by atoms with E-state index in [2.05, 4.69) is 15.5 Å². The number of aromatic nitrogens is 1. The minimum absolute atomic E-state index is 0.440. The maximum Gasteiger partial charge on any atom is 0.165 e. The zero-order valence-corrected chi connectivity index (χ0v) is 10.4. The molecule has 0 radical (unpaired) electrons. The van der Waals surface area contributed by atoms with Crippen LogP contribution in [-0.2, 0) is 0 Å². The molecule has 0 aromatic carbocycles. The van der Waals surface area contributed by atoms with Crippen molar-refractivity contribution in [3.05, 3.63) is 44.7 Å². The van der Waals surface area contributed by atoms with Gasteiger partial charge in [0.05, 0.1) is 16.3 Å². The van der Waals surface area contributed by atoms with E-state index in [4.69, 9.17) is 23.2 Å². The summed E-state index contributed by atoms with van der Waals surface area (Å²) in [6.45, 7) is 0. The van der Waals surface area contributed by atoms with Crippen LogP contribution in [0.2, 0.25) is 10.0 Å². The lowest BCUT2D eigenvalue weighted by atomic mass is 10.4. The molecule has 2 aromatic rings. The molecule has 3 nitrogen and oxygen atoms in total. The van der Waals surface area contributed by atoms with Crippen LogP contribution in [0.25, 0.3) is 0 Å². The van der Waals surface area contributed by atoms with E-state index >= 15 is 0 Å². The van der Waals surface area contributed by atoms with Gasteiger partial charge in [-0.1, -0.05) is 23.2 Å². The molecule has 0 aliphatic carbocycles. The number of hydrazone groups is 1. The molecule has 0 saturated heterocycles. The highest BCUT2D eigenvalue weighted by Gasteiger charge is 2.00. The first-order valence-electron chi connectivity index (χ1n) is 4.38. The van der Waals surface area contributed by atoms with Crippen LogP contribution < -0.4 is 5.43 Å². The first-order chi connectivity index (χ1) is 7.75. The fraction of sp³-hybridized carbons (Fsp3) is 0. The van der Waals surface area contributed by atoms with Crippen molar-refractivity contribution in [3.8, 4) is 0 Å². The molecule has 0 atom stereocenters. The van der Waals surface area contributed by atoms with E-state index in [1.165, 1.54) is 6.20 Å². The Morgan fingerprint density at radius 3 is 3.00 bits per heavy atom. The molecule has 0 spiro atoms. The van der Waals surface area contributed by atoms with Crippen LogP contribution in [0.1, 0.15) is 5.56 Å². The van der Waals surface area contributed by atoms with Crippen LogP contribution >= 0.6 is 34.5 Å². The van der Waals surface area contributed by atoms with E-state index in [9.17, 15) is 0 Å². The summed E-state index contributed by atoms with van der Waals surface area (Å²) in [5.74, 6) is 0.484. The van der Waals surface area contributed by atoms with Crippen LogP contribution in [0.15, 0.2) is 34.2 Å². The van der Waals surface area contributed by atoms with Crippen LogP contribution in [-0.4, -0.2) is 11.2 Å². The summed E-state index contributed by atoms with van der Waals surface area (Å²) in [4.78, 5) is 4.01. The van der Waals surface area contributed by atoms with E-state index in [-0.39, 0.29) is 0 Å². The lowest BCUT2D eigenvalue weighted by Gasteiger charge is -2.01. The zero-order valence-electron chi connectivity index (χ0n) is 8.02. The van der Waals surface area contributed by atoms with Gasteiger partial charge in [-0.05, 0) is 22.9 Å². The predicted octanol–water partition coefficient (Wildman–Crippen LogP) is 3.90. The third kappa shape index (κ3) is 2.95. The highest BCUT2D eigenvalue weighted by molar-refractivity contribution is 7.08. The lowest BCUT2D eigenvalue weighted by molar-refractivity contribution is 1.23. The van der Waals surface area contributed by atoms with Gasteiger partial charge in [-0.3, -0.25) is 5.43 Å². The summed E-state index contributed by atoms with van der Waals surface area (Å²) in [7, 11) is 0. The first-order valence-corrected chi connectivity index (χ1v) is 6.08. The summed E-state index contributed by atoms with van der Waals surface area (Å²) in [6.07, 6.45) is 3.21. The molecule has 2 aromatic heterocycles. The van der Waals surface area contributed by atoms with E-state index in [0.29, 0.717) is 15.9 Å². The maximum atomic E-state index is 5.91. The molecule has 82 valence electrons. The minimum atomic E-state index is 0.440. The summed E-state index contributed by atoms with van der Waals surface area (Å²) in [6, 6.07) is 3.57. The number of nitrogens with one attached hydrogen (secondary N) is 1. The van der Waals surface area contributed by atoms with E-state index < -0.39 is 0 Å². The van der Waals surface area contributed by atoms with Crippen molar-refractivity contribution < 1.29 is 0 Å². The zero-order chi connectivity index (χ0) is 11.4. The molecule has 16 heavy (non-hydrogen) atoms. The smallest absolute Gasteiger partial charge is 0.165 e. The van der Waals surface area contributed by atoms with Gasteiger partial charge >= 0.3 is 0 Å². The molecule has 0 fully saturated rings. The fourth-order valence-corrected chi connectivity index (χ4v) is 2.05. The van der Waals surface area contributed by atoms with E-state index in [1.54, 1.807) is 23.6 Å². The van der Waals surface area contributed by atoms with Crippen molar-refractivity contribution in [1.82, 2.24) is 4.98 Å². The van der Waals surface area contributed by atoms with E-state index in [0.717, 1.165) is 5.56 Å². The second-order valence-electron chi connectivity index (χ2n) is 2.91. The predicted molar refractivity (Wildman–Crippen MR) is 69.8 cm³/mol. The molecule has 0 unspecified atom stereocenters. The average Bonchev–Trinajstić information content (AvgIpc) is 2.74. The van der Waals surface area contributed by atoms with Crippen molar-refractivity contribution in [2.45, 2.75) is 0 Å². The molecule has 0 aliphatic heterocycles. The molecule has 2 rings (SSSR count). The monoisotopic (exact) mass is 271 g/mol. The third-order valence-corrected chi connectivity index (χ3v) is 2.93. The highest BCUT2D eigenvalue weighted by atomic mass is 35.5. The SMILES string of the molecule is Clc1cnc(N/N=C/c2ccsc2)c(Cl)c1. The number of hydrogen-bond donors (Lipinski definition) is 1. The largest absolute Gasteiger partial charge is 0.260 e. The normalized spacial score (nSPS) is 10.9. The summed E-state index contributed by atoms with van der Waals surface area (Å²) < 4.78 is 0. The van der Waals surface area contributed by atoms with Crippen molar-refractivity contribution in [2.75, 3.05) is 5.43 Å². The molecule has 0 saturated carbocycles. The number of rotatable bonds is 3. The lowest BCUT2D eigenvalue weighted by Crippen LogP contribution is -1.93. The third-order valence-electron chi connectivity index (χ3n) is 1.74. The molecule has 6 heteroatoms. The van der Waals surface area contributed by atoms with Gasteiger partial charge in [0.1, 0.15) is 0 Å². The number of hydrogen-bond acceptors (Lipinski definition) is 4. The average molecular weight is 272 g/mol. The Morgan fingerprint density at radius 1 is 1.44 bits per heavy atom. The minimum Gasteiger partial charge on any atom is -0.260 e. The van der Waals surface area contributed by atoms with Gasteiger partial charge in [0.2, 0.25) is 0 Å². The molecule has 0 amide bonds. The molecule has 0 bridgehead atoms. The summed E-state index contributed by atoms with van der Waals surface area (Å²) in [5.41, 5.74) is 3.78. The second kappa shape index (κ2) is 5.30. The maximum absolute atomic E-state index is 5.91. The number of thiophene rings is 1. The van der Waals surface area contributed by atoms with Crippen LogP contribution in [0, 0.1) is 0 Å². The molecular weight excluding hydrogens is 265 g/mol. The van der Waals surface area contributed by atoms with Crippen molar-refractivity contribution in [1.29, 1.82) is 0 Å². The highest BCUT2D eigenvalue weighted by Crippen LogP contribution is 2.22. The van der Waals surface area contributed by atoms with Crippen molar-refractivity contribution >= 4 is 46.6 Å². The topological polar surface area (TPSA) is 37.3 Å².